The van der Waals surface area contributed by atoms with E-state index in [2.05, 4.69) is 21.7 Å². The third kappa shape index (κ3) is 4.61. The molecule has 0 amide bonds. The largest absolute Gasteiger partial charge is 0.497 e. The van der Waals surface area contributed by atoms with Crippen LogP contribution in [-0.4, -0.2) is 68.4 Å². The van der Waals surface area contributed by atoms with E-state index in [1.807, 2.05) is 18.2 Å². The Morgan fingerprint density at radius 2 is 1.97 bits per heavy atom. The second-order valence-electron chi connectivity index (χ2n) is 7.93. The van der Waals surface area contributed by atoms with Gasteiger partial charge in [-0.15, -0.1) is 0 Å². The van der Waals surface area contributed by atoms with Gasteiger partial charge < -0.3 is 18.8 Å². The molecule has 0 atom stereocenters. The Bertz CT molecular complexity index is 1120. The molecule has 0 spiro atoms. The summed E-state index contributed by atoms with van der Waals surface area (Å²) in [6.45, 7) is 7.23. The molecule has 1 aliphatic rings. The van der Waals surface area contributed by atoms with E-state index in [0.717, 1.165) is 69.1 Å². The van der Waals surface area contributed by atoms with Crippen LogP contribution in [0.3, 0.4) is 0 Å². The summed E-state index contributed by atoms with van der Waals surface area (Å²) in [5, 5.41) is 0.522. The van der Waals surface area contributed by atoms with Crippen LogP contribution in [0.1, 0.15) is 18.9 Å². The van der Waals surface area contributed by atoms with Crippen LogP contribution in [0.15, 0.2) is 39.7 Å². The average Bonchev–Trinajstić information content (AvgIpc) is 2.82. The molecule has 0 bridgehead atoms. The second kappa shape index (κ2) is 10.1. The molecule has 0 N–H and O–H groups in total. The number of fused-ring (bicyclic) bond motifs is 1. The zero-order valence-electron chi connectivity index (χ0n) is 19.0. The van der Waals surface area contributed by atoms with E-state index in [-0.39, 0.29) is 11.5 Å². The summed E-state index contributed by atoms with van der Waals surface area (Å²) in [7, 11) is 3.34. The lowest BCUT2D eigenvalue weighted by Gasteiger charge is -2.35. The number of ether oxygens (including phenoxy) is 2. The van der Waals surface area contributed by atoms with Crippen LogP contribution >= 0.6 is 0 Å². The summed E-state index contributed by atoms with van der Waals surface area (Å²) in [6, 6.07) is 7.43. The van der Waals surface area contributed by atoms with E-state index in [9.17, 15) is 4.79 Å². The third-order valence-corrected chi connectivity index (χ3v) is 5.84. The van der Waals surface area contributed by atoms with Crippen LogP contribution in [0.2, 0.25) is 0 Å². The Balaban J connectivity index is 1.70. The van der Waals surface area contributed by atoms with Crippen LogP contribution in [0.4, 0.5) is 5.82 Å². The lowest BCUT2D eigenvalue weighted by molar-refractivity contribution is 0.144. The molecule has 4 rings (SSSR count). The number of hydrogen-bond donors (Lipinski definition) is 0. The number of benzene rings is 1. The molecule has 2 aromatic heterocycles. The normalized spacial score (nSPS) is 14.8. The van der Waals surface area contributed by atoms with E-state index in [4.69, 9.17) is 18.9 Å². The Kier molecular flexibility index (Phi) is 7.02. The predicted molar refractivity (Wildman–Crippen MR) is 125 cm³/mol. The van der Waals surface area contributed by atoms with Crippen molar-refractivity contribution in [3.63, 3.8) is 0 Å². The first-order chi connectivity index (χ1) is 15.6. The third-order valence-electron chi connectivity index (χ3n) is 5.84. The van der Waals surface area contributed by atoms with Gasteiger partial charge in [-0.1, -0.05) is 13.3 Å². The van der Waals surface area contributed by atoms with Gasteiger partial charge in [-0.3, -0.25) is 4.90 Å². The summed E-state index contributed by atoms with van der Waals surface area (Å²) in [6.07, 6.45) is 3.43. The van der Waals surface area contributed by atoms with Gasteiger partial charge in [-0.2, -0.15) is 0 Å². The topological polar surface area (TPSA) is 80.9 Å². The highest BCUT2D eigenvalue weighted by atomic mass is 16.5. The molecule has 8 heteroatoms. The van der Waals surface area contributed by atoms with Gasteiger partial charge in [0.15, 0.2) is 0 Å². The highest BCUT2D eigenvalue weighted by molar-refractivity contribution is 5.84. The molecule has 0 unspecified atom stereocenters. The minimum Gasteiger partial charge on any atom is -0.497 e. The molecular formula is C24H30N4O4. The highest BCUT2D eigenvalue weighted by Crippen LogP contribution is 2.30. The number of anilines is 1. The second-order valence-corrected chi connectivity index (χ2v) is 7.93. The maximum Gasteiger partial charge on any atom is 0.347 e. The van der Waals surface area contributed by atoms with Gasteiger partial charge in [0.05, 0.1) is 30.2 Å². The number of hydrogen-bond acceptors (Lipinski definition) is 8. The van der Waals surface area contributed by atoms with Crippen molar-refractivity contribution in [2.75, 3.05) is 58.5 Å². The molecule has 32 heavy (non-hydrogen) atoms. The summed E-state index contributed by atoms with van der Waals surface area (Å²) >= 11 is 0. The molecule has 0 radical (unpaired) electrons. The van der Waals surface area contributed by atoms with Crippen LogP contribution in [0, 0.1) is 0 Å². The molecule has 1 aliphatic heterocycles. The molecule has 0 aliphatic carbocycles. The van der Waals surface area contributed by atoms with Crippen LogP contribution in [0.5, 0.6) is 5.75 Å². The molecule has 8 nitrogen and oxygen atoms in total. The maximum absolute atomic E-state index is 13.0. The standard InChI is InChI=1S/C24H30N4O4/c1-4-6-17-15-18(31-3)16-20-21(17)24(29)32-23(26-20)19-7-5-8-25-22(19)28-11-9-27(10-12-28)13-14-30-2/h5,7-8,15-16H,4,6,9-14H2,1-3H3. The number of nitrogens with zero attached hydrogens (tertiary/aromatic N) is 4. The Labute approximate surface area is 187 Å². The van der Waals surface area contributed by atoms with Gasteiger partial charge in [-0.05, 0) is 30.2 Å². The van der Waals surface area contributed by atoms with Crippen molar-refractivity contribution in [2.24, 2.45) is 0 Å². The fraction of sp³-hybridized carbons (Fsp3) is 0.458. The van der Waals surface area contributed by atoms with Crippen molar-refractivity contribution in [3.05, 3.63) is 46.4 Å². The lowest BCUT2D eigenvalue weighted by atomic mass is 10.0. The van der Waals surface area contributed by atoms with E-state index < -0.39 is 0 Å². The fourth-order valence-electron chi connectivity index (χ4n) is 4.17. The Hall–Kier alpha value is -2.97. The summed E-state index contributed by atoms with van der Waals surface area (Å²) < 4.78 is 16.4. The Morgan fingerprint density at radius 3 is 2.69 bits per heavy atom. The van der Waals surface area contributed by atoms with Gasteiger partial charge in [0.1, 0.15) is 11.6 Å². The van der Waals surface area contributed by atoms with Crippen molar-refractivity contribution in [1.29, 1.82) is 0 Å². The number of rotatable bonds is 8. The molecule has 1 aromatic carbocycles. The predicted octanol–water partition coefficient (Wildman–Crippen LogP) is 2.98. The maximum atomic E-state index is 13.0. The lowest BCUT2D eigenvalue weighted by Crippen LogP contribution is -2.47. The first-order valence-corrected chi connectivity index (χ1v) is 11.1. The van der Waals surface area contributed by atoms with Gasteiger partial charge >= 0.3 is 5.63 Å². The number of pyridine rings is 1. The van der Waals surface area contributed by atoms with Crippen molar-refractivity contribution in [3.8, 4) is 17.2 Å². The van der Waals surface area contributed by atoms with Gasteiger partial charge in [0.25, 0.3) is 0 Å². The fourth-order valence-corrected chi connectivity index (χ4v) is 4.17. The molecule has 3 heterocycles. The molecule has 1 saturated heterocycles. The molecule has 170 valence electrons. The van der Waals surface area contributed by atoms with Crippen LogP contribution in [0.25, 0.3) is 22.4 Å². The average molecular weight is 439 g/mol. The van der Waals surface area contributed by atoms with E-state index in [1.165, 1.54) is 0 Å². The van der Waals surface area contributed by atoms with E-state index in [1.54, 1.807) is 26.5 Å². The highest BCUT2D eigenvalue weighted by Gasteiger charge is 2.23. The minimum absolute atomic E-state index is 0.281. The minimum atomic E-state index is -0.379. The van der Waals surface area contributed by atoms with Gasteiger partial charge in [0.2, 0.25) is 5.89 Å². The zero-order valence-corrected chi connectivity index (χ0v) is 19.0. The first-order valence-electron chi connectivity index (χ1n) is 11.1. The van der Waals surface area contributed by atoms with Crippen LogP contribution in [-0.2, 0) is 11.2 Å². The monoisotopic (exact) mass is 438 g/mol. The number of aryl methyl sites for hydroxylation is 1. The van der Waals surface area contributed by atoms with E-state index in [0.29, 0.717) is 16.7 Å². The van der Waals surface area contributed by atoms with Crippen LogP contribution < -0.4 is 15.3 Å². The number of piperazine rings is 1. The van der Waals surface area contributed by atoms with E-state index >= 15 is 0 Å². The molecule has 3 aromatic rings. The summed E-state index contributed by atoms with van der Waals surface area (Å²) in [5.41, 5.74) is 1.82. The summed E-state index contributed by atoms with van der Waals surface area (Å²) in [5.74, 6) is 1.75. The summed E-state index contributed by atoms with van der Waals surface area (Å²) in [4.78, 5) is 26.9. The smallest absolute Gasteiger partial charge is 0.347 e. The molecule has 0 saturated carbocycles. The number of methoxy groups -OCH3 is 2. The molecular weight excluding hydrogens is 408 g/mol. The van der Waals surface area contributed by atoms with Crippen molar-refractivity contribution in [1.82, 2.24) is 14.9 Å². The first kappa shape index (κ1) is 22.2. The van der Waals surface area contributed by atoms with Crippen molar-refractivity contribution >= 4 is 16.7 Å². The Morgan fingerprint density at radius 1 is 1.16 bits per heavy atom. The van der Waals surface area contributed by atoms with Crippen molar-refractivity contribution in [2.45, 2.75) is 19.8 Å². The SMILES string of the molecule is CCCc1cc(OC)cc2nc(-c3cccnc3N3CCN(CCOC)CC3)oc(=O)c12. The molecule has 1 fully saturated rings. The zero-order chi connectivity index (χ0) is 22.5. The number of aromatic nitrogens is 2. The van der Waals surface area contributed by atoms with Crippen molar-refractivity contribution < 1.29 is 13.9 Å². The van der Waals surface area contributed by atoms with Gasteiger partial charge in [-0.25, -0.2) is 14.8 Å². The van der Waals surface area contributed by atoms with Gasteiger partial charge in [0, 0.05) is 52.1 Å². The quantitative estimate of drug-likeness (QED) is 0.531.